The molecule has 0 spiro atoms. The average molecular weight is 233 g/mol. The second-order valence-corrected chi connectivity index (χ2v) is 4.27. The molecule has 17 heavy (non-hydrogen) atoms. The van der Waals surface area contributed by atoms with E-state index in [1.54, 1.807) is 12.1 Å². The number of nitrogens with two attached hydrogens (primary N) is 1. The van der Waals surface area contributed by atoms with Crippen molar-refractivity contribution in [3.8, 4) is 6.07 Å². The summed E-state index contributed by atoms with van der Waals surface area (Å²) in [5.74, 6) is 0.350. The summed E-state index contributed by atoms with van der Waals surface area (Å²) in [7, 11) is 0. The maximum Gasteiger partial charge on any atom is 0.101 e. The van der Waals surface area contributed by atoms with Crippen molar-refractivity contribution < 1.29 is 5.11 Å². The normalized spacial score (nSPS) is 11.8. The smallest absolute Gasteiger partial charge is 0.101 e. The Labute approximate surface area is 102 Å². The van der Waals surface area contributed by atoms with Crippen LogP contribution in [0.2, 0.25) is 0 Å². The van der Waals surface area contributed by atoms with Gasteiger partial charge in [-0.05, 0) is 37.0 Å². The first-order valence-corrected chi connectivity index (χ1v) is 5.81. The van der Waals surface area contributed by atoms with Gasteiger partial charge in [0, 0.05) is 18.8 Å². The quantitative estimate of drug-likeness (QED) is 0.518. The van der Waals surface area contributed by atoms with Gasteiger partial charge in [-0.25, -0.2) is 0 Å². The van der Waals surface area contributed by atoms with Crippen molar-refractivity contribution in [2.24, 2.45) is 5.92 Å². The van der Waals surface area contributed by atoms with E-state index in [1.807, 2.05) is 19.1 Å². The molecule has 4 nitrogen and oxygen atoms in total. The molecule has 4 heteroatoms. The molecule has 0 aromatic heterocycles. The summed E-state index contributed by atoms with van der Waals surface area (Å²) in [6.07, 6.45) is 2.00. The Morgan fingerprint density at radius 1 is 1.53 bits per heavy atom. The monoisotopic (exact) mass is 233 g/mol. The van der Waals surface area contributed by atoms with Crippen LogP contribution in [0, 0.1) is 17.2 Å². The van der Waals surface area contributed by atoms with Crippen LogP contribution in [0.3, 0.4) is 0 Å². The molecule has 1 atom stereocenters. The van der Waals surface area contributed by atoms with Gasteiger partial charge in [-0.2, -0.15) is 5.26 Å². The van der Waals surface area contributed by atoms with Crippen LogP contribution in [0.15, 0.2) is 18.2 Å². The summed E-state index contributed by atoms with van der Waals surface area (Å²) in [4.78, 5) is 0. The van der Waals surface area contributed by atoms with E-state index in [0.717, 1.165) is 25.1 Å². The molecule has 0 saturated carbocycles. The number of hydrogen-bond acceptors (Lipinski definition) is 4. The van der Waals surface area contributed by atoms with Gasteiger partial charge in [-0.3, -0.25) is 0 Å². The molecule has 4 N–H and O–H groups in total. The highest BCUT2D eigenvalue weighted by molar-refractivity contribution is 5.62. The first-order chi connectivity index (χ1) is 8.17. The fourth-order valence-electron chi connectivity index (χ4n) is 1.55. The molecule has 0 aliphatic carbocycles. The number of nitrogens with zero attached hydrogens (tertiary/aromatic N) is 1. The Kier molecular flexibility index (Phi) is 5.31. The first kappa shape index (κ1) is 13.3. The molecule has 1 unspecified atom stereocenters. The molecule has 0 heterocycles. The molecule has 1 aromatic rings. The Morgan fingerprint density at radius 2 is 2.29 bits per heavy atom. The lowest BCUT2D eigenvalue weighted by Gasteiger charge is -2.10. The number of nitrogen functional groups attached to an aromatic ring is 1. The van der Waals surface area contributed by atoms with Gasteiger partial charge in [0.15, 0.2) is 0 Å². The molecule has 0 radical (unpaired) electrons. The van der Waals surface area contributed by atoms with Crippen LogP contribution < -0.4 is 11.1 Å². The molecule has 1 aromatic carbocycles. The molecule has 92 valence electrons. The van der Waals surface area contributed by atoms with Gasteiger partial charge >= 0.3 is 0 Å². The van der Waals surface area contributed by atoms with Gasteiger partial charge in [0.1, 0.15) is 6.07 Å². The summed E-state index contributed by atoms with van der Waals surface area (Å²) in [6.45, 7) is 3.11. The Bertz CT molecular complexity index is 398. The summed E-state index contributed by atoms with van der Waals surface area (Å²) >= 11 is 0. The van der Waals surface area contributed by atoms with E-state index >= 15 is 0 Å². The SMILES string of the molecule is CC(CO)CCCNc1ccc(C#N)c(N)c1. The van der Waals surface area contributed by atoms with Gasteiger partial charge in [-0.15, -0.1) is 0 Å². The maximum atomic E-state index is 8.88. The predicted molar refractivity (Wildman–Crippen MR) is 69.5 cm³/mol. The minimum absolute atomic E-state index is 0.240. The number of aliphatic hydroxyl groups excluding tert-OH is 1. The highest BCUT2D eigenvalue weighted by Crippen LogP contribution is 2.17. The molecular formula is C13H19N3O. The zero-order valence-electron chi connectivity index (χ0n) is 10.1. The van der Waals surface area contributed by atoms with Gasteiger partial charge in [0.2, 0.25) is 0 Å². The molecule has 1 rings (SSSR count). The molecule has 0 fully saturated rings. The lowest BCUT2D eigenvalue weighted by atomic mass is 10.1. The topological polar surface area (TPSA) is 82.1 Å². The van der Waals surface area contributed by atoms with Crippen LogP contribution in [0.4, 0.5) is 11.4 Å². The highest BCUT2D eigenvalue weighted by Gasteiger charge is 2.01. The van der Waals surface area contributed by atoms with Crippen molar-refractivity contribution in [3.05, 3.63) is 23.8 Å². The molecular weight excluding hydrogens is 214 g/mol. The number of nitrogens with one attached hydrogen (secondary N) is 1. The number of nitriles is 1. The number of benzene rings is 1. The van der Waals surface area contributed by atoms with Crippen molar-refractivity contribution in [1.82, 2.24) is 0 Å². The van der Waals surface area contributed by atoms with E-state index in [4.69, 9.17) is 16.1 Å². The van der Waals surface area contributed by atoms with Crippen LogP contribution in [-0.2, 0) is 0 Å². The maximum absolute atomic E-state index is 8.88. The van der Waals surface area contributed by atoms with Crippen LogP contribution in [0.25, 0.3) is 0 Å². The molecule has 0 aliphatic heterocycles. The van der Waals surface area contributed by atoms with E-state index in [-0.39, 0.29) is 6.61 Å². The Morgan fingerprint density at radius 3 is 2.88 bits per heavy atom. The second kappa shape index (κ2) is 6.77. The highest BCUT2D eigenvalue weighted by atomic mass is 16.3. The summed E-state index contributed by atoms with van der Waals surface area (Å²) in [5.41, 5.74) is 7.64. The van der Waals surface area contributed by atoms with Gasteiger partial charge in [-0.1, -0.05) is 6.92 Å². The molecule has 0 saturated heterocycles. The summed E-state index contributed by atoms with van der Waals surface area (Å²) in [5, 5.41) is 20.9. The predicted octanol–water partition coefficient (Wildman–Crippen LogP) is 1.96. The molecule has 0 bridgehead atoms. The average Bonchev–Trinajstić information content (AvgIpc) is 2.34. The number of rotatable bonds is 6. The van der Waals surface area contributed by atoms with Crippen LogP contribution in [0.1, 0.15) is 25.3 Å². The molecule has 0 amide bonds. The number of anilines is 2. The zero-order valence-corrected chi connectivity index (χ0v) is 10.1. The van der Waals surface area contributed by atoms with E-state index in [1.165, 1.54) is 0 Å². The standard InChI is InChI=1S/C13H19N3O/c1-10(9-17)3-2-6-16-12-5-4-11(8-14)13(15)7-12/h4-5,7,10,16-17H,2-3,6,9,15H2,1H3. The van der Waals surface area contributed by atoms with Crippen LogP contribution in [-0.4, -0.2) is 18.3 Å². The van der Waals surface area contributed by atoms with Crippen molar-refractivity contribution in [2.45, 2.75) is 19.8 Å². The second-order valence-electron chi connectivity index (χ2n) is 4.27. The van der Waals surface area contributed by atoms with E-state index in [2.05, 4.69) is 5.32 Å². The van der Waals surface area contributed by atoms with Crippen molar-refractivity contribution in [1.29, 1.82) is 5.26 Å². The minimum atomic E-state index is 0.240. The van der Waals surface area contributed by atoms with Gasteiger partial charge in [0.05, 0.1) is 11.3 Å². The van der Waals surface area contributed by atoms with Crippen molar-refractivity contribution >= 4 is 11.4 Å². The van der Waals surface area contributed by atoms with Gasteiger partial charge < -0.3 is 16.2 Å². The van der Waals surface area contributed by atoms with Gasteiger partial charge in [0.25, 0.3) is 0 Å². The Hall–Kier alpha value is -1.73. The van der Waals surface area contributed by atoms with E-state index in [9.17, 15) is 0 Å². The minimum Gasteiger partial charge on any atom is -0.398 e. The van der Waals surface area contributed by atoms with E-state index in [0.29, 0.717) is 17.2 Å². The fraction of sp³-hybridized carbons (Fsp3) is 0.462. The number of aliphatic hydroxyl groups is 1. The summed E-state index contributed by atoms with van der Waals surface area (Å²) < 4.78 is 0. The van der Waals surface area contributed by atoms with Crippen LogP contribution >= 0.6 is 0 Å². The summed E-state index contributed by atoms with van der Waals surface area (Å²) in [6, 6.07) is 7.37. The fourth-order valence-corrected chi connectivity index (χ4v) is 1.55. The molecule has 0 aliphatic rings. The first-order valence-electron chi connectivity index (χ1n) is 5.81. The number of hydrogen-bond donors (Lipinski definition) is 3. The third-order valence-corrected chi connectivity index (χ3v) is 2.69. The lowest BCUT2D eigenvalue weighted by Crippen LogP contribution is -2.06. The third-order valence-electron chi connectivity index (χ3n) is 2.69. The lowest BCUT2D eigenvalue weighted by molar-refractivity contribution is 0.229. The van der Waals surface area contributed by atoms with Crippen LogP contribution in [0.5, 0.6) is 0 Å². The van der Waals surface area contributed by atoms with Crippen molar-refractivity contribution in [3.63, 3.8) is 0 Å². The third kappa shape index (κ3) is 4.33. The van der Waals surface area contributed by atoms with Crippen molar-refractivity contribution in [2.75, 3.05) is 24.2 Å². The Balaban J connectivity index is 2.38. The van der Waals surface area contributed by atoms with E-state index < -0.39 is 0 Å². The largest absolute Gasteiger partial charge is 0.398 e. The zero-order chi connectivity index (χ0) is 12.7.